The van der Waals surface area contributed by atoms with Crippen molar-refractivity contribution in [3.63, 3.8) is 0 Å². The number of nitrogens with zero attached hydrogens (tertiary/aromatic N) is 1. The predicted octanol–water partition coefficient (Wildman–Crippen LogP) is 1.59. The number of aliphatic hydroxyl groups is 1. The smallest absolute Gasteiger partial charge is 0.270 e. The monoisotopic (exact) mass is 244 g/mol. The summed E-state index contributed by atoms with van der Waals surface area (Å²) in [6.45, 7) is 2.38. The Kier molecular flexibility index (Phi) is 3.89. The second kappa shape index (κ2) is 5.60. The fraction of sp³-hybridized carbons (Fsp3) is 0.286. The van der Waals surface area contributed by atoms with Gasteiger partial charge >= 0.3 is 0 Å². The minimum absolute atomic E-state index is 0.0453. The lowest BCUT2D eigenvalue weighted by atomic mass is 10.1. The van der Waals surface area contributed by atoms with Crippen LogP contribution in [0.3, 0.4) is 0 Å². The summed E-state index contributed by atoms with van der Waals surface area (Å²) in [5.41, 5.74) is 0.429. The molecule has 2 N–H and O–H groups in total. The molecule has 0 aliphatic heterocycles. The largest absolute Gasteiger partial charge is 0.396 e. The lowest BCUT2D eigenvalue weighted by Gasteiger charge is -2.10. The fourth-order valence-electron chi connectivity index (χ4n) is 1.72. The first-order chi connectivity index (χ1) is 8.72. The van der Waals surface area contributed by atoms with Gasteiger partial charge in [0.05, 0.1) is 0 Å². The van der Waals surface area contributed by atoms with Crippen molar-refractivity contribution in [2.75, 3.05) is 13.2 Å². The highest BCUT2D eigenvalue weighted by atomic mass is 16.3. The summed E-state index contributed by atoms with van der Waals surface area (Å²) < 4.78 is 0. The maximum absolute atomic E-state index is 12.0. The highest BCUT2D eigenvalue weighted by Crippen LogP contribution is 2.15. The van der Waals surface area contributed by atoms with Gasteiger partial charge in [0.2, 0.25) is 0 Å². The lowest BCUT2D eigenvalue weighted by Crippen LogP contribution is -2.30. The van der Waals surface area contributed by atoms with Gasteiger partial charge in [0.1, 0.15) is 5.69 Å². The molecule has 1 aromatic heterocycles. The molecule has 94 valence electrons. The quantitative estimate of drug-likeness (QED) is 0.858. The number of benzene rings is 1. The zero-order valence-corrected chi connectivity index (χ0v) is 10.3. The van der Waals surface area contributed by atoms with Crippen molar-refractivity contribution in [2.45, 2.75) is 6.92 Å². The van der Waals surface area contributed by atoms with Crippen molar-refractivity contribution in [2.24, 2.45) is 5.92 Å². The lowest BCUT2D eigenvalue weighted by molar-refractivity contribution is 0.0939. The SMILES string of the molecule is CC(CO)CNC(=O)c1nccc2ccccc12. The molecule has 2 aromatic rings. The van der Waals surface area contributed by atoms with Gasteiger partial charge in [-0.3, -0.25) is 9.78 Å². The van der Waals surface area contributed by atoms with Crippen molar-refractivity contribution in [3.8, 4) is 0 Å². The Bertz CT molecular complexity index is 549. The van der Waals surface area contributed by atoms with Crippen LogP contribution in [0.25, 0.3) is 10.8 Å². The second-order valence-electron chi connectivity index (χ2n) is 4.38. The Hall–Kier alpha value is -1.94. The summed E-state index contributed by atoms with van der Waals surface area (Å²) in [5, 5.41) is 13.5. The maximum Gasteiger partial charge on any atom is 0.270 e. The molecule has 4 nitrogen and oxygen atoms in total. The number of amides is 1. The van der Waals surface area contributed by atoms with E-state index >= 15 is 0 Å². The molecule has 0 saturated heterocycles. The van der Waals surface area contributed by atoms with Crippen molar-refractivity contribution >= 4 is 16.7 Å². The van der Waals surface area contributed by atoms with Crippen LogP contribution in [0.4, 0.5) is 0 Å². The molecule has 2 rings (SSSR count). The van der Waals surface area contributed by atoms with Crippen LogP contribution in [0.1, 0.15) is 17.4 Å². The van der Waals surface area contributed by atoms with E-state index in [1.807, 2.05) is 37.3 Å². The number of aliphatic hydroxyl groups excluding tert-OH is 1. The molecule has 0 aliphatic rings. The summed E-state index contributed by atoms with van der Waals surface area (Å²) in [5.74, 6) is -0.156. The molecule has 0 bridgehead atoms. The van der Waals surface area contributed by atoms with Crippen LogP contribution >= 0.6 is 0 Å². The van der Waals surface area contributed by atoms with Gasteiger partial charge in [-0.1, -0.05) is 31.2 Å². The first-order valence-electron chi connectivity index (χ1n) is 5.95. The molecule has 0 saturated carbocycles. The number of hydrogen-bond acceptors (Lipinski definition) is 3. The minimum Gasteiger partial charge on any atom is -0.396 e. The Morgan fingerprint density at radius 1 is 1.39 bits per heavy atom. The van der Waals surface area contributed by atoms with Gasteiger partial charge in [-0.2, -0.15) is 0 Å². The first-order valence-corrected chi connectivity index (χ1v) is 5.95. The van der Waals surface area contributed by atoms with Gasteiger partial charge in [0, 0.05) is 24.7 Å². The van der Waals surface area contributed by atoms with Crippen molar-refractivity contribution in [1.29, 1.82) is 0 Å². The molecule has 1 heterocycles. The minimum atomic E-state index is -0.202. The van der Waals surface area contributed by atoms with Crippen LogP contribution in [0.15, 0.2) is 36.5 Å². The van der Waals surface area contributed by atoms with Crippen LogP contribution < -0.4 is 5.32 Å². The van der Waals surface area contributed by atoms with E-state index in [0.717, 1.165) is 10.8 Å². The first kappa shape index (κ1) is 12.5. The second-order valence-corrected chi connectivity index (χ2v) is 4.38. The maximum atomic E-state index is 12.0. The average molecular weight is 244 g/mol. The highest BCUT2D eigenvalue weighted by Gasteiger charge is 2.11. The number of carbonyl (C=O) groups excluding carboxylic acids is 1. The number of pyridine rings is 1. The number of rotatable bonds is 4. The van der Waals surface area contributed by atoms with E-state index in [4.69, 9.17) is 5.11 Å². The van der Waals surface area contributed by atoms with E-state index in [-0.39, 0.29) is 18.4 Å². The van der Waals surface area contributed by atoms with Gasteiger partial charge in [-0.05, 0) is 17.4 Å². The molecule has 0 spiro atoms. The van der Waals surface area contributed by atoms with Gasteiger partial charge in [0.25, 0.3) is 5.91 Å². The summed E-state index contributed by atoms with van der Waals surface area (Å²) >= 11 is 0. The molecule has 4 heteroatoms. The molecular weight excluding hydrogens is 228 g/mol. The van der Waals surface area contributed by atoms with E-state index in [1.54, 1.807) is 6.20 Å². The van der Waals surface area contributed by atoms with Gasteiger partial charge < -0.3 is 10.4 Å². The van der Waals surface area contributed by atoms with Crippen LogP contribution in [-0.4, -0.2) is 29.1 Å². The summed E-state index contributed by atoms with van der Waals surface area (Å²) in [4.78, 5) is 16.2. The van der Waals surface area contributed by atoms with Gasteiger partial charge in [-0.15, -0.1) is 0 Å². The summed E-state index contributed by atoms with van der Waals surface area (Å²) in [6.07, 6.45) is 1.63. The van der Waals surface area contributed by atoms with Crippen LogP contribution in [0.5, 0.6) is 0 Å². The summed E-state index contributed by atoms with van der Waals surface area (Å²) in [7, 11) is 0. The Morgan fingerprint density at radius 2 is 2.17 bits per heavy atom. The van der Waals surface area contributed by atoms with E-state index in [9.17, 15) is 4.79 Å². The van der Waals surface area contributed by atoms with E-state index in [0.29, 0.717) is 12.2 Å². The standard InChI is InChI=1S/C14H16N2O2/c1-10(9-17)8-16-14(18)13-12-5-3-2-4-11(12)6-7-15-13/h2-7,10,17H,8-9H2,1H3,(H,16,18). The molecule has 1 aromatic carbocycles. The third-order valence-electron chi connectivity index (χ3n) is 2.81. The topological polar surface area (TPSA) is 62.2 Å². The number of carbonyl (C=O) groups is 1. The molecule has 1 unspecified atom stereocenters. The molecule has 0 aliphatic carbocycles. The number of aromatic nitrogens is 1. The highest BCUT2D eigenvalue weighted by molar-refractivity contribution is 6.05. The van der Waals surface area contributed by atoms with E-state index in [2.05, 4.69) is 10.3 Å². The van der Waals surface area contributed by atoms with Gasteiger partial charge in [0.15, 0.2) is 0 Å². The molecule has 1 amide bonds. The Morgan fingerprint density at radius 3 is 2.94 bits per heavy atom. The van der Waals surface area contributed by atoms with E-state index in [1.165, 1.54) is 0 Å². The molecule has 18 heavy (non-hydrogen) atoms. The molecule has 1 atom stereocenters. The third-order valence-corrected chi connectivity index (χ3v) is 2.81. The van der Waals surface area contributed by atoms with Crippen molar-refractivity contribution in [3.05, 3.63) is 42.2 Å². The Labute approximate surface area is 106 Å². The fourth-order valence-corrected chi connectivity index (χ4v) is 1.72. The van der Waals surface area contributed by atoms with Crippen molar-refractivity contribution in [1.82, 2.24) is 10.3 Å². The van der Waals surface area contributed by atoms with Crippen LogP contribution in [-0.2, 0) is 0 Å². The van der Waals surface area contributed by atoms with Crippen LogP contribution in [0.2, 0.25) is 0 Å². The molecule has 0 radical (unpaired) electrons. The molecule has 0 fully saturated rings. The predicted molar refractivity (Wildman–Crippen MR) is 70.3 cm³/mol. The number of fused-ring (bicyclic) bond motifs is 1. The van der Waals surface area contributed by atoms with Crippen molar-refractivity contribution < 1.29 is 9.90 Å². The number of hydrogen-bond donors (Lipinski definition) is 2. The van der Waals surface area contributed by atoms with Crippen LogP contribution in [0, 0.1) is 5.92 Å². The van der Waals surface area contributed by atoms with Gasteiger partial charge in [-0.25, -0.2) is 0 Å². The third kappa shape index (κ3) is 2.65. The Balaban J connectivity index is 2.22. The normalized spacial score (nSPS) is 12.3. The average Bonchev–Trinajstić information content (AvgIpc) is 2.43. The molecular formula is C14H16N2O2. The number of nitrogens with one attached hydrogen (secondary N) is 1. The summed E-state index contributed by atoms with van der Waals surface area (Å²) in [6, 6.07) is 9.52. The van der Waals surface area contributed by atoms with E-state index < -0.39 is 0 Å². The zero-order chi connectivity index (χ0) is 13.0. The zero-order valence-electron chi connectivity index (χ0n) is 10.3.